The highest BCUT2D eigenvalue weighted by molar-refractivity contribution is 5.71. The Morgan fingerprint density at radius 2 is 2.31 bits per heavy atom. The molecule has 1 aliphatic carbocycles. The van der Waals surface area contributed by atoms with E-state index in [9.17, 15) is 4.79 Å². The monoisotopic (exact) mass is 180 g/mol. The van der Waals surface area contributed by atoms with Crippen LogP contribution in [-0.2, 0) is 4.79 Å². The van der Waals surface area contributed by atoms with Crippen LogP contribution in [0.5, 0.6) is 0 Å². The van der Waals surface area contributed by atoms with Crippen molar-refractivity contribution >= 4 is 5.97 Å². The molecule has 1 rings (SSSR count). The van der Waals surface area contributed by atoms with Gasteiger partial charge in [0.1, 0.15) is 0 Å². The Morgan fingerprint density at radius 3 is 2.77 bits per heavy atom. The van der Waals surface area contributed by atoms with Gasteiger partial charge in [-0.2, -0.15) is 0 Å². The standard InChI is InChI=1S/C11H16O2/c1-3-10-5-4-9(6-8(10)2)7-11(12)13/h4-6,8,10H,3,7H2,1-2H3,(H,12,13). The molecule has 0 aromatic carbocycles. The molecule has 0 heterocycles. The maximum absolute atomic E-state index is 10.5. The number of rotatable bonds is 3. The normalized spacial score (nSPS) is 27.1. The van der Waals surface area contributed by atoms with Crippen LogP contribution in [0.15, 0.2) is 23.8 Å². The van der Waals surface area contributed by atoms with Crippen molar-refractivity contribution in [3.05, 3.63) is 23.8 Å². The topological polar surface area (TPSA) is 37.3 Å². The Bertz CT molecular complexity index is 251. The van der Waals surface area contributed by atoms with Gasteiger partial charge in [-0.25, -0.2) is 0 Å². The van der Waals surface area contributed by atoms with Crippen LogP contribution in [0.2, 0.25) is 0 Å². The molecular formula is C11H16O2. The number of aliphatic carboxylic acids is 1. The van der Waals surface area contributed by atoms with Crippen LogP contribution in [-0.4, -0.2) is 11.1 Å². The first-order chi connectivity index (χ1) is 6.13. The van der Waals surface area contributed by atoms with Gasteiger partial charge < -0.3 is 5.11 Å². The SMILES string of the molecule is CCC1C=CC(CC(=O)O)=CC1C. The molecule has 0 amide bonds. The predicted molar refractivity (Wildman–Crippen MR) is 52.4 cm³/mol. The van der Waals surface area contributed by atoms with Crippen LogP contribution >= 0.6 is 0 Å². The van der Waals surface area contributed by atoms with E-state index < -0.39 is 5.97 Å². The summed E-state index contributed by atoms with van der Waals surface area (Å²) in [6.07, 6.45) is 7.42. The van der Waals surface area contributed by atoms with Crippen molar-refractivity contribution in [2.45, 2.75) is 26.7 Å². The molecule has 0 aromatic heterocycles. The van der Waals surface area contributed by atoms with E-state index in [4.69, 9.17) is 5.11 Å². The first kappa shape index (κ1) is 10.0. The third-order valence-electron chi connectivity index (χ3n) is 2.54. The second-order valence-electron chi connectivity index (χ2n) is 3.60. The fourth-order valence-electron chi connectivity index (χ4n) is 1.74. The van der Waals surface area contributed by atoms with Crippen molar-refractivity contribution in [2.75, 3.05) is 0 Å². The number of carboxylic acid groups (broad SMARTS) is 1. The summed E-state index contributed by atoms with van der Waals surface area (Å²) in [4.78, 5) is 10.5. The molecule has 13 heavy (non-hydrogen) atoms. The molecule has 0 radical (unpaired) electrons. The summed E-state index contributed by atoms with van der Waals surface area (Å²) >= 11 is 0. The maximum Gasteiger partial charge on any atom is 0.307 e. The van der Waals surface area contributed by atoms with Crippen LogP contribution < -0.4 is 0 Å². The highest BCUT2D eigenvalue weighted by Gasteiger charge is 2.15. The Morgan fingerprint density at radius 1 is 1.62 bits per heavy atom. The number of hydrogen-bond donors (Lipinski definition) is 1. The summed E-state index contributed by atoms with van der Waals surface area (Å²) in [5.41, 5.74) is 0.935. The third-order valence-corrected chi connectivity index (χ3v) is 2.54. The highest BCUT2D eigenvalue weighted by Crippen LogP contribution is 2.26. The summed E-state index contributed by atoms with van der Waals surface area (Å²) in [6, 6.07) is 0. The molecule has 0 saturated heterocycles. The quantitative estimate of drug-likeness (QED) is 0.724. The van der Waals surface area contributed by atoms with Gasteiger partial charge in [-0.1, -0.05) is 32.1 Å². The van der Waals surface area contributed by atoms with E-state index in [1.165, 1.54) is 0 Å². The molecule has 2 atom stereocenters. The zero-order chi connectivity index (χ0) is 9.84. The average molecular weight is 180 g/mol. The highest BCUT2D eigenvalue weighted by atomic mass is 16.4. The Kier molecular flexibility index (Phi) is 3.29. The molecule has 1 N–H and O–H groups in total. The van der Waals surface area contributed by atoms with Crippen molar-refractivity contribution in [1.29, 1.82) is 0 Å². The van der Waals surface area contributed by atoms with Gasteiger partial charge in [-0.3, -0.25) is 4.79 Å². The van der Waals surface area contributed by atoms with Crippen molar-refractivity contribution < 1.29 is 9.90 Å². The van der Waals surface area contributed by atoms with Crippen LogP contribution in [0.1, 0.15) is 26.7 Å². The molecule has 1 aliphatic rings. The van der Waals surface area contributed by atoms with Gasteiger partial charge in [0, 0.05) is 0 Å². The third kappa shape index (κ3) is 2.72. The number of carboxylic acids is 1. The Labute approximate surface area is 79.0 Å². The van der Waals surface area contributed by atoms with Gasteiger partial charge in [0.15, 0.2) is 0 Å². The largest absolute Gasteiger partial charge is 0.481 e. The molecule has 0 aromatic rings. The number of hydrogen-bond acceptors (Lipinski definition) is 1. The van der Waals surface area contributed by atoms with Gasteiger partial charge in [0.05, 0.1) is 6.42 Å². The summed E-state index contributed by atoms with van der Waals surface area (Å²) < 4.78 is 0. The zero-order valence-electron chi connectivity index (χ0n) is 8.16. The second-order valence-corrected chi connectivity index (χ2v) is 3.60. The maximum atomic E-state index is 10.5. The van der Waals surface area contributed by atoms with Gasteiger partial charge in [0.2, 0.25) is 0 Å². The van der Waals surface area contributed by atoms with Gasteiger partial charge in [-0.15, -0.1) is 0 Å². The molecule has 0 bridgehead atoms. The molecule has 0 aliphatic heterocycles. The van der Waals surface area contributed by atoms with Gasteiger partial charge in [-0.05, 0) is 23.8 Å². The van der Waals surface area contributed by atoms with E-state index in [-0.39, 0.29) is 6.42 Å². The fourth-order valence-corrected chi connectivity index (χ4v) is 1.74. The summed E-state index contributed by atoms with van der Waals surface area (Å²) in [7, 11) is 0. The predicted octanol–water partition coefficient (Wildman–Crippen LogP) is 2.62. The van der Waals surface area contributed by atoms with Crippen molar-refractivity contribution in [3.63, 3.8) is 0 Å². The second kappa shape index (κ2) is 4.26. The fraction of sp³-hybridized carbons (Fsp3) is 0.545. The van der Waals surface area contributed by atoms with E-state index in [0.717, 1.165) is 12.0 Å². The molecule has 2 nitrogen and oxygen atoms in total. The van der Waals surface area contributed by atoms with Crippen molar-refractivity contribution in [2.24, 2.45) is 11.8 Å². The Balaban J connectivity index is 2.62. The lowest BCUT2D eigenvalue weighted by atomic mass is 9.85. The van der Waals surface area contributed by atoms with E-state index >= 15 is 0 Å². The van der Waals surface area contributed by atoms with Crippen LogP contribution in [0, 0.1) is 11.8 Å². The van der Waals surface area contributed by atoms with Gasteiger partial charge >= 0.3 is 5.97 Å². The van der Waals surface area contributed by atoms with E-state index in [0.29, 0.717) is 11.8 Å². The average Bonchev–Trinajstić information content (AvgIpc) is 2.03. The molecule has 0 spiro atoms. The smallest absolute Gasteiger partial charge is 0.307 e. The minimum atomic E-state index is -0.752. The molecule has 2 heteroatoms. The molecule has 0 saturated carbocycles. The molecule has 0 fully saturated rings. The van der Waals surface area contributed by atoms with Crippen LogP contribution in [0.3, 0.4) is 0 Å². The van der Waals surface area contributed by atoms with Crippen molar-refractivity contribution in [1.82, 2.24) is 0 Å². The summed E-state index contributed by atoms with van der Waals surface area (Å²) in [5.74, 6) is 0.306. The molecular weight excluding hydrogens is 164 g/mol. The minimum Gasteiger partial charge on any atom is -0.481 e. The van der Waals surface area contributed by atoms with Gasteiger partial charge in [0.25, 0.3) is 0 Å². The summed E-state index contributed by atoms with van der Waals surface area (Å²) in [5, 5.41) is 8.60. The van der Waals surface area contributed by atoms with Crippen molar-refractivity contribution in [3.8, 4) is 0 Å². The first-order valence-corrected chi connectivity index (χ1v) is 4.74. The lowest BCUT2D eigenvalue weighted by Gasteiger charge is -2.20. The Hall–Kier alpha value is -1.05. The summed E-state index contributed by atoms with van der Waals surface area (Å²) in [6.45, 7) is 4.29. The van der Waals surface area contributed by atoms with E-state index in [1.807, 2.05) is 6.08 Å². The van der Waals surface area contributed by atoms with Crippen LogP contribution in [0.25, 0.3) is 0 Å². The van der Waals surface area contributed by atoms with E-state index in [2.05, 4.69) is 26.0 Å². The number of allylic oxidation sites excluding steroid dienone is 3. The number of carbonyl (C=O) groups is 1. The molecule has 2 unspecified atom stereocenters. The molecule has 72 valence electrons. The first-order valence-electron chi connectivity index (χ1n) is 4.74. The zero-order valence-corrected chi connectivity index (χ0v) is 8.16. The minimum absolute atomic E-state index is 0.150. The van der Waals surface area contributed by atoms with Crippen LogP contribution in [0.4, 0.5) is 0 Å². The lowest BCUT2D eigenvalue weighted by Crippen LogP contribution is -2.11. The lowest BCUT2D eigenvalue weighted by molar-refractivity contribution is -0.136. The van der Waals surface area contributed by atoms with E-state index in [1.54, 1.807) is 0 Å².